The lowest BCUT2D eigenvalue weighted by atomic mass is 10.2. The third-order valence-electron chi connectivity index (χ3n) is 3.79. The van der Waals surface area contributed by atoms with Crippen LogP contribution in [-0.2, 0) is 6.54 Å². The van der Waals surface area contributed by atoms with Crippen molar-refractivity contribution in [1.29, 1.82) is 0 Å². The fourth-order valence-electron chi connectivity index (χ4n) is 2.54. The zero-order valence-electron chi connectivity index (χ0n) is 11.9. The highest BCUT2D eigenvalue weighted by Gasteiger charge is 2.22. The molecule has 0 aromatic carbocycles. The first-order valence-corrected chi connectivity index (χ1v) is 7.89. The molecule has 19 heavy (non-hydrogen) atoms. The molecule has 1 fully saturated rings. The molecule has 106 valence electrons. The molecule has 0 amide bonds. The standard InChI is InChI=1S/C14H24N4S/c1-3-18-7-4-5-12(18)9-16-14(15)17-10-13-11(2)6-8-19-13/h6,8,12H,3-5,7,9-10H2,1-2H3,(H3,15,16,17). The number of hydrogen-bond acceptors (Lipinski definition) is 3. The molecule has 1 saturated heterocycles. The predicted molar refractivity (Wildman–Crippen MR) is 82.7 cm³/mol. The molecule has 2 rings (SSSR count). The zero-order chi connectivity index (χ0) is 13.7. The van der Waals surface area contributed by atoms with Gasteiger partial charge in [-0.3, -0.25) is 4.90 Å². The van der Waals surface area contributed by atoms with Gasteiger partial charge in [-0.25, -0.2) is 4.99 Å². The number of nitrogens with two attached hydrogens (primary N) is 1. The van der Waals surface area contributed by atoms with Crippen molar-refractivity contribution >= 4 is 17.3 Å². The zero-order valence-corrected chi connectivity index (χ0v) is 12.7. The van der Waals surface area contributed by atoms with E-state index in [1.807, 2.05) is 0 Å². The molecule has 1 atom stereocenters. The average Bonchev–Trinajstić information content (AvgIpc) is 3.02. The highest BCUT2D eigenvalue weighted by molar-refractivity contribution is 7.10. The second-order valence-electron chi connectivity index (χ2n) is 5.03. The molecule has 0 spiro atoms. The number of guanidine groups is 1. The van der Waals surface area contributed by atoms with Gasteiger partial charge in [-0.15, -0.1) is 11.3 Å². The number of aliphatic imine (C=N–C) groups is 1. The van der Waals surface area contributed by atoms with Crippen molar-refractivity contribution in [2.45, 2.75) is 39.3 Å². The number of likely N-dealkylation sites (N-methyl/N-ethyl adjacent to an activating group) is 1. The normalized spacial score (nSPS) is 20.9. The monoisotopic (exact) mass is 280 g/mol. The summed E-state index contributed by atoms with van der Waals surface area (Å²) >= 11 is 1.74. The van der Waals surface area contributed by atoms with Crippen LogP contribution in [0.1, 0.15) is 30.2 Å². The first-order chi connectivity index (χ1) is 9.20. The number of aryl methyl sites for hydroxylation is 1. The predicted octanol–water partition coefficient (Wildman–Crippen LogP) is 1.95. The number of thiophene rings is 1. The molecule has 1 aliphatic rings. The topological polar surface area (TPSA) is 53.6 Å². The van der Waals surface area contributed by atoms with Gasteiger partial charge in [0.1, 0.15) is 0 Å². The molecule has 0 aliphatic carbocycles. The fraction of sp³-hybridized carbons (Fsp3) is 0.643. The molecule has 1 aromatic rings. The second-order valence-corrected chi connectivity index (χ2v) is 6.03. The van der Waals surface area contributed by atoms with Crippen molar-refractivity contribution in [3.8, 4) is 0 Å². The van der Waals surface area contributed by atoms with E-state index in [0.717, 1.165) is 13.1 Å². The summed E-state index contributed by atoms with van der Waals surface area (Å²) in [5, 5.41) is 5.36. The van der Waals surface area contributed by atoms with Gasteiger partial charge in [0.05, 0.1) is 6.54 Å². The van der Waals surface area contributed by atoms with Crippen molar-refractivity contribution in [2.24, 2.45) is 10.7 Å². The summed E-state index contributed by atoms with van der Waals surface area (Å²) in [5.41, 5.74) is 7.23. The van der Waals surface area contributed by atoms with Crippen molar-refractivity contribution < 1.29 is 0 Å². The van der Waals surface area contributed by atoms with Gasteiger partial charge in [0, 0.05) is 17.5 Å². The Labute approximate surface area is 119 Å². The maximum atomic E-state index is 5.93. The molecule has 4 nitrogen and oxygen atoms in total. The van der Waals surface area contributed by atoms with Gasteiger partial charge in [0.15, 0.2) is 5.96 Å². The molecule has 0 saturated carbocycles. The lowest BCUT2D eigenvalue weighted by Gasteiger charge is -2.23. The Morgan fingerprint density at radius 3 is 3.16 bits per heavy atom. The molecule has 3 N–H and O–H groups in total. The van der Waals surface area contributed by atoms with Crippen LogP contribution >= 0.6 is 11.3 Å². The van der Waals surface area contributed by atoms with E-state index < -0.39 is 0 Å². The minimum absolute atomic E-state index is 0.566. The minimum atomic E-state index is 0.566. The Morgan fingerprint density at radius 2 is 2.47 bits per heavy atom. The van der Waals surface area contributed by atoms with Gasteiger partial charge >= 0.3 is 0 Å². The van der Waals surface area contributed by atoms with Crippen molar-refractivity contribution in [3.05, 3.63) is 21.9 Å². The molecule has 0 bridgehead atoms. The van der Waals surface area contributed by atoms with Gasteiger partial charge in [0.2, 0.25) is 0 Å². The molecule has 5 heteroatoms. The van der Waals surface area contributed by atoms with Crippen molar-refractivity contribution in [2.75, 3.05) is 19.6 Å². The molecule has 1 aliphatic heterocycles. The van der Waals surface area contributed by atoms with Crippen LogP contribution in [0.15, 0.2) is 16.4 Å². The van der Waals surface area contributed by atoms with E-state index in [1.54, 1.807) is 11.3 Å². The first kappa shape index (κ1) is 14.3. The fourth-order valence-corrected chi connectivity index (χ4v) is 3.37. The summed E-state index contributed by atoms with van der Waals surface area (Å²) in [5.74, 6) is 0.566. The molecule has 0 radical (unpaired) electrons. The number of nitrogens with one attached hydrogen (secondary N) is 1. The van der Waals surface area contributed by atoms with Crippen LogP contribution in [0.5, 0.6) is 0 Å². The lowest BCUT2D eigenvalue weighted by molar-refractivity contribution is 0.267. The van der Waals surface area contributed by atoms with E-state index >= 15 is 0 Å². The molecule has 2 heterocycles. The van der Waals surface area contributed by atoms with Gasteiger partial charge in [-0.1, -0.05) is 6.92 Å². The smallest absolute Gasteiger partial charge is 0.189 e. The molecule has 1 aromatic heterocycles. The summed E-state index contributed by atoms with van der Waals surface area (Å²) < 4.78 is 0. The Hall–Kier alpha value is -1.07. The summed E-state index contributed by atoms with van der Waals surface area (Å²) in [6, 6.07) is 2.73. The van der Waals surface area contributed by atoms with Crippen LogP contribution in [0.2, 0.25) is 0 Å². The van der Waals surface area contributed by atoms with Crippen LogP contribution < -0.4 is 11.1 Å². The van der Waals surface area contributed by atoms with Crippen LogP contribution in [0.3, 0.4) is 0 Å². The third kappa shape index (κ3) is 3.94. The van der Waals surface area contributed by atoms with Gasteiger partial charge < -0.3 is 11.1 Å². The van der Waals surface area contributed by atoms with Gasteiger partial charge in [-0.05, 0) is 49.9 Å². The van der Waals surface area contributed by atoms with E-state index in [1.165, 1.54) is 29.8 Å². The van der Waals surface area contributed by atoms with Crippen LogP contribution in [-0.4, -0.2) is 36.5 Å². The quantitative estimate of drug-likeness (QED) is 0.640. The molecular weight excluding hydrogens is 256 g/mol. The van der Waals surface area contributed by atoms with E-state index in [2.05, 4.69) is 40.5 Å². The molecular formula is C14H24N4S. The Morgan fingerprint density at radius 1 is 1.63 bits per heavy atom. The second kappa shape index (κ2) is 6.91. The largest absolute Gasteiger partial charge is 0.370 e. The van der Waals surface area contributed by atoms with E-state index in [0.29, 0.717) is 18.5 Å². The van der Waals surface area contributed by atoms with Gasteiger partial charge in [-0.2, -0.15) is 0 Å². The SMILES string of the molecule is CCN1CCCC1CNC(N)=NCc1sccc1C. The summed E-state index contributed by atoms with van der Waals surface area (Å²) in [7, 11) is 0. The van der Waals surface area contributed by atoms with Crippen LogP contribution in [0, 0.1) is 6.92 Å². The number of likely N-dealkylation sites (tertiary alicyclic amines) is 1. The third-order valence-corrected chi connectivity index (χ3v) is 4.79. The van der Waals surface area contributed by atoms with Crippen LogP contribution in [0.4, 0.5) is 0 Å². The summed E-state index contributed by atoms with van der Waals surface area (Å²) in [4.78, 5) is 8.21. The lowest BCUT2D eigenvalue weighted by Crippen LogP contribution is -2.42. The van der Waals surface area contributed by atoms with Crippen LogP contribution in [0.25, 0.3) is 0 Å². The van der Waals surface area contributed by atoms with E-state index in [9.17, 15) is 0 Å². The average molecular weight is 280 g/mol. The van der Waals surface area contributed by atoms with Gasteiger partial charge in [0.25, 0.3) is 0 Å². The Bertz CT molecular complexity index is 427. The maximum absolute atomic E-state index is 5.93. The van der Waals surface area contributed by atoms with Crippen molar-refractivity contribution in [1.82, 2.24) is 10.2 Å². The van der Waals surface area contributed by atoms with Crippen molar-refractivity contribution in [3.63, 3.8) is 0 Å². The highest BCUT2D eigenvalue weighted by atomic mass is 32.1. The Kier molecular flexibility index (Phi) is 5.22. The maximum Gasteiger partial charge on any atom is 0.189 e. The number of rotatable bonds is 5. The summed E-state index contributed by atoms with van der Waals surface area (Å²) in [6.45, 7) is 8.26. The first-order valence-electron chi connectivity index (χ1n) is 7.01. The number of hydrogen-bond donors (Lipinski definition) is 2. The molecule has 1 unspecified atom stereocenters. The number of nitrogens with zero attached hydrogens (tertiary/aromatic N) is 2. The Balaban J connectivity index is 1.77. The van der Waals surface area contributed by atoms with E-state index in [-0.39, 0.29) is 0 Å². The summed E-state index contributed by atoms with van der Waals surface area (Å²) in [6.07, 6.45) is 2.56. The van der Waals surface area contributed by atoms with E-state index in [4.69, 9.17) is 5.73 Å². The minimum Gasteiger partial charge on any atom is -0.370 e. The highest BCUT2D eigenvalue weighted by Crippen LogP contribution is 2.17.